The molecule has 0 unspecified atom stereocenters. The number of hydrogen-bond acceptors (Lipinski definition) is 3. The SMILES string of the molecule is COc1ccc(C(=O)N(Cc2ccc(F)cc2)C2CC2)c(OC)c1. The van der Waals surface area contributed by atoms with Gasteiger partial charge < -0.3 is 14.4 Å². The summed E-state index contributed by atoms with van der Waals surface area (Å²) in [6.45, 7) is 0.457. The zero-order valence-electron chi connectivity index (χ0n) is 13.8. The van der Waals surface area contributed by atoms with Crippen LogP contribution in [0.3, 0.4) is 0 Å². The predicted octanol–water partition coefficient (Wildman–Crippen LogP) is 3.65. The minimum atomic E-state index is -0.278. The second kappa shape index (κ2) is 6.91. The van der Waals surface area contributed by atoms with Gasteiger partial charge in [-0.15, -0.1) is 0 Å². The molecule has 3 rings (SSSR count). The Morgan fingerprint density at radius 3 is 2.42 bits per heavy atom. The van der Waals surface area contributed by atoms with Crippen molar-refractivity contribution in [3.63, 3.8) is 0 Å². The van der Waals surface area contributed by atoms with E-state index in [2.05, 4.69) is 0 Å². The van der Waals surface area contributed by atoms with Gasteiger partial charge in [0.2, 0.25) is 0 Å². The van der Waals surface area contributed by atoms with Crippen molar-refractivity contribution in [1.29, 1.82) is 0 Å². The number of hydrogen-bond donors (Lipinski definition) is 0. The molecule has 0 bridgehead atoms. The van der Waals surface area contributed by atoms with Crippen LogP contribution in [0, 0.1) is 5.82 Å². The van der Waals surface area contributed by atoms with Gasteiger partial charge in [0.1, 0.15) is 17.3 Å². The highest BCUT2D eigenvalue weighted by Crippen LogP contribution is 2.33. The molecule has 5 heteroatoms. The van der Waals surface area contributed by atoms with Gasteiger partial charge in [-0.05, 0) is 42.7 Å². The molecule has 0 saturated heterocycles. The molecular weight excluding hydrogens is 309 g/mol. The monoisotopic (exact) mass is 329 g/mol. The van der Waals surface area contributed by atoms with Gasteiger partial charge in [-0.1, -0.05) is 12.1 Å². The first-order chi connectivity index (χ1) is 11.6. The van der Waals surface area contributed by atoms with Crippen LogP contribution in [0.4, 0.5) is 4.39 Å². The van der Waals surface area contributed by atoms with Crippen molar-refractivity contribution in [3.8, 4) is 11.5 Å². The number of benzene rings is 2. The first-order valence-corrected chi connectivity index (χ1v) is 7.90. The van der Waals surface area contributed by atoms with Crippen molar-refractivity contribution in [2.75, 3.05) is 14.2 Å². The number of ether oxygens (including phenoxy) is 2. The van der Waals surface area contributed by atoms with Crippen molar-refractivity contribution < 1.29 is 18.7 Å². The van der Waals surface area contributed by atoms with Gasteiger partial charge in [-0.3, -0.25) is 4.79 Å². The van der Waals surface area contributed by atoms with Crippen LogP contribution in [-0.4, -0.2) is 31.1 Å². The third-order valence-electron chi connectivity index (χ3n) is 4.15. The van der Waals surface area contributed by atoms with Crippen molar-refractivity contribution in [1.82, 2.24) is 4.90 Å². The van der Waals surface area contributed by atoms with Crippen LogP contribution in [0.5, 0.6) is 11.5 Å². The lowest BCUT2D eigenvalue weighted by atomic mass is 10.1. The van der Waals surface area contributed by atoms with Gasteiger partial charge in [0.15, 0.2) is 0 Å². The van der Waals surface area contributed by atoms with Gasteiger partial charge in [0, 0.05) is 18.7 Å². The molecule has 2 aromatic carbocycles. The van der Waals surface area contributed by atoms with Crippen molar-refractivity contribution in [3.05, 3.63) is 59.4 Å². The van der Waals surface area contributed by atoms with Crippen LogP contribution in [0.25, 0.3) is 0 Å². The third kappa shape index (κ3) is 3.50. The summed E-state index contributed by atoms with van der Waals surface area (Å²) in [5, 5.41) is 0. The molecule has 0 aliphatic heterocycles. The smallest absolute Gasteiger partial charge is 0.258 e. The molecule has 1 amide bonds. The maximum Gasteiger partial charge on any atom is 0.258 e. The van der Waals surface area contributed by atoms with Crippen LogP contribution in [0.2, 0.25) is 0 Å². The fraction of sp³-hybridized carbons (Fsp3) is 0.316. The molecule has 0 heterocycles. The van der Waals surface area contributed by atoms with Crippen molar-refractivity contribution in [2.24, 2.45) is 0 Å². The zero-order chi connectivity index (χ0) is 17.1. The van der Waals surface area contributed by atoms with Crippen molar-refractivity contribution >= 4 is 5.91 Å². The Bertz CT molecular complexity index is 726. The van der Waals surface area contributed by atoms with Crippen LogP contribution < -0.4 is 9.47 Å². The number of methoxy groups -OCH3 is 2. The molecule has 4 nitrogen and oxygen atoms in total. The topological polar surface area (TPSA) is 38.8 Å². The van der Waals surface area contributed by atoms with E-state index in [-0.39, 0.29) is 17.8 Å². The summed E-state index contributed by atoms with van der Waals surface area (Å²) in [5.41, 5.74) is 1.41. The summed E-state index contributed by atoms with van der Waals surface area (Å²) in [7, 11) is 3.11. The molecule has 24 heavy (non-hydrogen) atoms. The zero-order valence-corrected chi connectivity index (χ0v) is 13.8. The highest BCUT2D eigenvalue weighted by Gasteiger charge is 2.34. The summed E-state index contributed by atoms with van der Waals surface area (Å²) < 4.78 is 23.6. The number of nitrogens with zero attached hydrogens (tertiary/aromatic N) is 1. The summed E-state index contributed by atoms with van der Waals surface area (Å²) >= 11 is 0. The Labute approximate surface area is 140 Å². The molecule has 0 aromatic heterocycles. The number of carbonyl (C=O) groups excluding carboxylic acids is 1. The molecule has 126 valence electrons. The van der Waals surface area contributed by atoms with E-state index in [1.807, 2.05) is 4.90 Å². The summed E-state index contributed by atoms with van der Waals surface area (Å²) in [6.07, 6.45) is 1.98. The number of carbonyl (C=O) groups is 1. The van der Waals surface area contributed by atoms with Crippen LogP contribution in [-0.2, 0) is 6.54 Å². The second-order valence-corrected chi connectivity index (χ2v) is 5.86. The summed E-state index contributed by atoms with van der Waals surface area (Å²) in [4.78, 5) is 14.8. The van der Waals surface area contributed by atoms with Gasteiger partial charge in [0.25, 0.3) is 5.91 Å². The van der Waals surface area contributed by atoms with Gasteiger partial charge in [-0.2, -0.15) is 0 Å². The molecule has 0 spiro atoms. The standard InChI is InChI=1S/C19H20FNO3/c1-23-16-9-10-17(18(11-16)24-2)19(22)21(15-7-8-15)12-13-3-5-14(20)6-4-13/h3-6,9-11,15H,7-8,12H2,1-2H3. The minimum absolute atomic E-state index is 0.0821. The van der Waals surface area contributed by atoms with E-state index in [0.717, 1.165) is 18.4 Å². The maximum atomic E-state index is 13.1. The highest BCUT2D eigenvalue weighted by molar-refractivity contribution is 5.97. The molecule has 1 aliphatic rings. The third-order valence-corrected chi connectivity index (χ3v) is 4.15. The largest absolute Gasteiger partial charge is 0.497 e. The van der Waals surface area contributed by atoms with Crippen LogP contribution >= 0.6 is 0 Å². The van der Waals surface area contributed by atoms with E-state index in [1.165, 1.54) is 19.2 Å². The molecule has 0 N–H and O–H groups in total. The van der Waals surface area contributed by atoms with E-state index in [4.69, 9.17) is 9.47 Å². The summed E-state index contributed by atoms with van der Waals surface area (Å²) in [6, 6.07) is 11.7. The average Bonchev–Trinajstić information content (AvgIpc) is 3.45. The summed E-state index contributed by atoms with van der Waals surface area (Å²) in [5.74, 6) is 0.769. The molecule has 0 atom stereocenters. The quantitative estimate of drug-likeness (QED) is 0.812. The Kier molecular flexibility index (Phi) is 4.69. The predicted molar refractivity (Wildman–Crippen MR) is 88.8 cm³/mol. The van der Waals surface area contributed by atoms with E-state index in [1.54, 1.807) is 37.4 Å². The molecule has 1 aliphatic carbocycles. The van der Waals surface area contributed by atoms with E-state index >= 15 is 0 Å². The fourth-order valence-electron chi connectivity index (χ4n) is 2.67. The molecule has 1 fully saturated rings. The first-order valence-electron chi connectivity index (χ1n) is 7.90. The Balaban J connectivity index is 1.86. The number of amides is 1. The van der Waals surface area contributed by atoms with Crippen LogP contribution in [0.1, 0.15) is 28.8 Å². The number of halogens is 1. The molecule has 2 aromatic rings. The van der Waals surface area contributed by atoms with Gasteiger partial charge in [-0.25, -0.2) is 4.39 Å². The Morgan fingerprint density at radius 1 is 1.12 bits per heavy atom. The molecular formula is C19H20FNO3. The average molecular weight is 329 g/mol. The molecule has 0 radical (unpaired) electrons. The van der Waals surface area contributed by atoms with E-state index in [9.17, 15) is 9.18 Å². The van der Waals surface area contributed by atoms with Crippen LogP contribution in [0.15, 0.2) is 42.5 Å². The second-order valence-electron chi connectivity index (χ2n) is 5.86. The highest BCUT2D eigenvalue weighted by atomic mass is 19.1. The van der Waals surface area contributed by atoms with E-state index < -0.39 is 0 Å². The van der Waals surface area contributed by atoms with Gasteiger partial charge in [0.05, 0.1) is 19.8 Å². The molecule has 1 saturated carbocycles. The lowest BCUT2D eigenvalue weighted by Crippen LogP contribution is -2.32. The Morgan fingerprint density at radius 2 is 1.83 bits per heavy atom. The number of rotatable bonds is 6. The van der Waals surface area contributed by atoms with E-state index in [0.29, 0.717) is 23.6 Å². The fourth-order valence-corrected chi connectivity index (χ4v) is 2.67. The normalized spacial score (nSPS) is 13.5. The maximum absolute atomic E-state index is 13.1. The van der Waals surface area contributed by atoms with Gasteiger partial charge >= 0.3 is 0 Å². The first kappa shape index (κ1) is 16.3. The van der Waals surface area contributed by atoms with Crippen molar-refractivity contribution in [2.45, 2.75) is 25.4 Å². The Hall–Kier alpha value is -2.56. The lowest BCUT2D eigenvalue weighted by Gasteiger charge is -2.24. The lowest BCUT2D eigenvalue weighted by molar-refractivity contribution is 0.0726. The minimum Gasteiger partial charge on any atom is -0.497 e.